The fourth-order valence-corrected chi connectivity index (χ4v) is 6.91. The summed E-state index contributed by atoms with van der Waals surface area (Å²) in [5.41, 5.74) is 0.734. The van der Waals surface area contributed by atoms with Gasteiger partial charge in [0.25, 0.3) is 10.0 Å². The number of rotatable bonds is 9. The van der Waals surface area contributed by atoms with Gasteiger partial charge in [0.15, 0.2) is 0 Å². The minimum absolute atomic E-state index is 0.125. The molecular weight excluding hydrogens is 533 g/mol. The number of likely N-dealkylation sites (tertiary alicyclic amines) is 1. The molecule has 1 fully saturated rings. The Morgan fingerprint density at radius 3 is 2.21 bits per heavy atom. The molecule has 0 radical (unpaired) electrons. The molecule has 0 bridgehead atoms. The van der Waals surface area contributed by atoms with E-state index in [-0.39, 0.29) is 10.9 Å². The van der Waals surface area contributed by atoms with E-state index in [1.165, 1.54) is 48.9 Å². The molecule has 0 saturated carbocycles. The van der Waals surface area contributed by atoms with Gasteiger partial charge in [0.1, 0.15) is 17.5 Å². The SMILES string of the molecule is CC(CCc1cc(F)ccc1[C@@H](C)N(c1cc(F)ccc1F)S(=O)(=O)c1ccc(Cl)cc1)N1CCCCC1. The summed E-state index contributed by atoms with van der Waals surface area (Å²) in [7, 11) is -4.37. The van der Waals surface area contributed by atoms with E-state index in [4.69, 9.17) is 11.6 Å². The van der Waals surface area contributed by atoms with Crippen LogP contribution in [0.25, 0.3) is 0 Å². The standard InChI is InChI=1S/C29H32ClF3N2O2S/c1-20(34-16-4-3-5-17-34)6-7-22-18-24(31)10-14-27(22)21(2)35(29-19-25(32)11-15-28(29)33)38(36,37)26-12-8-23(30)9-13-26/h8-15,18-21H,3-7,16-17H2,1-2H3/t20?,21-/m1/s1. The summed E-state index contributed by atoms with van der Waals surface area (Å²) in [4.78, 5) is 2.30. The van der Waals surface area contributed by atoms with Crippen LogP contribution in [0.4, 0.5) is 18.9 Å². The molecule has 9 heteroatoms. The summed E-state index contributed by atoms with van der Waals surface area (Å²) in [6, 6.07) is 11.7. The van der Waals surface area contributed by atoms with Gasteiger partial charge in [-0.05, 0) is 112 Å². The maximum Gasteiger partial charge on any atom is 0.264 e. The third kappa shape index (κ3) is 6.35. The lowest BCUT2D eigenvalue weighted by molar-refractivity contribution is 0.166. The molecule has 3 aromatic rings. The summed E-state index contributed by atoms with van der Waals surface area (Å²) >= 11 is 5.96. The first-order valence-electron chi connectivity index (χ1n) is 12.9. The summed E-state index contributed by atoms with van der Waals surface area (Å²) < 4.78 is 72.4. The molecule has 0 N–H and O–H groups in total. The van der Waals surface area contributed by atoms with E-state index >= 15 is 4.39 Å². The van der Waals surface area contributed by atoms with Crippen LogP contribution >= 0.6 is 11.6 Å². The Hall–Kier alpha value is -2.55. The molecule has 0 aromatic heterocycles. The smallest absolute Gasteiger partial charge is 0.264 e. The number of aryl methyl sites for hydroxylation is 1. The quantitative estimate of drug-likeness (QED) is 0.270. The van der Waals surface area contributed by atoms with Gasteiger partial charge in [0, 0.05) is 17.1 Å². The maximum absolute atomic E-state index is 15.1. The van der Waals surface area contributed by atoms with Crippen molar-refractivity contribution in [1.29, 1.82) is 0 Å². The number of piperidine rings is 1. The van der Waals surface area contributed by atoms with Crippen LogP contribution in [-0.2, 0) is 16.4 Å². The third-order valence-electron chi connectivity index (χ3n) is 7.27. The Morgan fingerprint density at radius 1 is 0.895 bits per heavy atom. The van der Waals surface area contributed by atoms with Crippen LogP contribution in [0.3, 0.4) is 0 Å². The fourth-order valence-electron chi connectivity index (χ4n) is 5.15. The van der Waals surface area contributed by atoms with E-state index in [0.29, 0.717) is 22.6 Å². The van der Waals surface area contributed by atoms with E-state index in [2.05, 4.69) is 11.8 Å². The Kier molecular flexibility index (Phi) is 9.06. The number of sulfonamides is 1. The Balaban J connectivity index is 1.74. The minimum atomic E-state index is -4.37. The molecule has 0 amide bonds. The van der Waals surface area contributed by atoms with Crippen molar-refractivity contribution in [1.82, 2.24) is 4.90 Å². The average Bonchev–Trinajstić information content (AvgIpc) is 2.90. The van der Waals surface area contributed by atoms with E-state index < -0.39 is 39.2 Å². The van der Waals surface area contributed by atoms with Gasteiger partial charge in [-0.2, -0.15) is 0 Å². The first kappa shape index (κ1) is 28.5. The number of nitrogens with zero attached hydrogens (tertiary/aromatic N) is 2. The number of benzene rings is 3. The van der Waals surface area contributed by atoms with E-state index in [9.17, 15) is 17.2 Å². The zero-order chi connectivity index (χ0) is 27.4. The van der Waals surface area contributed by atoms with Gasteiger partial charge in [0.2, 0.25) is 0 Å². The molecule has 1 heterocycles. The number of anilines is 1. The number of halogens is 4. The van der Waals surface area contributed by atoms with E-state index in [1.54, 1.807) is 6.92 Å². The summed E-state index contributed by atoms with van der Waals surface area (Å²) in [6.07, 6.45) is 4.80. The molecule has 2 atom stereocenters. The van der Waals surface area contributed by atoms with Gasteiger partial charge in [-0.15, -0.1) is 0 Å². The predicted molar refractivity (Wildman–Crippen MR) is 145 cm³/mol. The number of hydrogen-bond acceptors (Lipinski definition) is 3. The lowest BCUT2D eigenvalue weighted by Crippen LogP contribution is -2.37. The van der Waals surface area contributed by atoms with Gasteiger partial charge in [-0.1, -0.05) is 24.1 Å². The largest absolute Gasteiger partial charge is 0.301 e. The molecule has 38 heavy (non-hydrogen) atoms. The molecule has 204 valence electrons. The normalized spacial score (nSPS) is 16.3. The van der Waals surface area contributed by atoms with Crippen LogP contribution in [0.15, 0.2) is 65.6 Å². The molecule has 1 aliphatic rings. The minimum Gasteiger partial charge on any atom is -0.301 e. The van der Waals surface area contributed by atoms with Crippen LogP contribution in [0, 0.1) is 17.5 Å². The van der Waals surface area contributed by atoms with Crippen LogP contribution in [0.5, 0.6) is 0 Å². The van der Waals surface area contributed by atoms with Gasteiger partial charge >= 0.3 is 0 Å². The highest BCUT2D eigenvalue weighted by Gasteiger charge is 2.34. The van der Waals surface area contributed by atoms with Crippen molar-refractivity contribution < 1.29 is 21.6 Å². The third-order valence-corrected chi connectivity index (χ3v) is 9.42. The summed E-state index contributed by atoms with van der Waals surface area (Å²) in [5.74, 6) is -2.11. The summed E-state index contributed by atoms with van der Waals surface area (Å²) in [6.45, 7) is 5.80. The Morgan fingerprint density at radius 2 is 1.53 bits per heavy atom. The molecule has 4 nitrogen and oxygen atoms in total. The van der Waals surface area contributed by atoms with Gasteiger partial charge in [-0.25, -0.2) is 21.6 Å². The Bertz CT molecular complexity index is 1360. The molecule has 0 aliphatic carbocycles. The first-order chi connectivity index (χ1) is 18.1. The molecule has 1 unspecified atom stereocenters. The van der Waals surface area contributed by atoms with Gasteiger partial charge < -0.3 is 4.90 Å². The topological polar surface area (TPSA) is 40.6 Å². The average molecular weight is 565 g/mol. The van der Waals surface area contributed by atoms with Crippen molar-refractivity contribution in [3.63, 3.8) is 0 Å². The molecule has 1 aliphatic heterocycles. The summed E-state index contributed by atoms with van der Waals surface area (Å²) in [5, 5.41) is 0.337. The molecular formula is C29H32ClF3N2O2S. The van der Waals surface area contributed by atoms with Crippen molar-refractivity contribution in [3.05, 3.63) is 94.3 Å². The highest BCUT2D eigenvalue weighted by atomic mass is 35.5. The molecule has 4 rings (SSSR count). The van der Waals surface area contributed by atoms with Crippen molar-refractivity contribution in [2.45, 2.75) is 62.9 Å². The van der Waals surface area contributed by atoms with Crippen molar-refractivity contribution >= 4 is 27.3 Å². The molecule has 1 saturated heterocycles. The first-order valence-corrected chi connectivity index (χ1v) is 14.7. The van der Waals surface area contributed by atoms with Crippen molar-refractivity contribution in [3.8, 4) is 0 Å². The maximum atomic E-state index is 15.1. The second-order valence-corrected chi connectivity index (χ2v) is 12.1. The molecule has 0 spiro atoms. The lowest BCUT2D eigenvalue weighted by atomic mass is 9.95. The second-order valence-electron chi connectivity index (χ2n) is 9.85. The monoisotopic (exact) mass is 564 g/mol. The fraction of sp³-hybridized carbons (Fsp3) is 0.379. The molecule has 3 aromatic carbocycles. The van der Waals surface area contributed by atoms with Crippen LogP contribution in [0.2, 0.25) is 5.02 Å². The van der Waals surface area contributed by atoms with E-state index in [1.807, 2.05) is 0 Å². The van der Waals surface area contributed by atoms with Crippen LogP contribution in [0.1, 0.15) is 56.7 Å². The highest BCUT2D eigenvalue weighted by molar-refractivity contribution is 7.92. The van der Waals surface area contributed by atoms with Gasteiger partial charge in [-0.3, -0.25) is 4.31 Å². The second kappa shape index (κ2) is 12.1. The predicted octanol–water partition coefficient (Wildman–Crippen LogP) is 7.52. The van der Waals surface area contributed by atoms with Crippen molar-refractivity contribution in [2.24, 2.45) is 0 Å². The van der Waals surface area contributed by atoms with Gasteiger partial charge in [0.05, 0.1) is 16.6 Å². The Labute approximate surface area is 228 Å². The van der Waals surface area contributed by atoms with Crippen molar-refractivity contribution in [2.75, 3.05) is 17.4 Å². The van der Waals surface area contributed by atoms with Crippen LogP contribution < -0.4 is 4.31 Å². The zero-order valence-electron chi connectivity index (χ0n) is 21.5. The zero-order valence-corrected chi connectivity index (χ0v) is 23.1. The van der Waals surface area contributed by atoms with Crippen LogP contribution in [-0.4, -0.2) is 32.4 Å². The van der Waals surface area contributed by atoms with E-state index in [0.717, 1.165) is 54.9 Å². The highest BCUT2D eigenvalue weighted by Crippen LogP contribution is 2.37. The lowest BCUT2D eigenvalue weighted by Gasteiger charge is -2.34. The number of hydrogen-bond donors (Lipinski definition) is 0.